The number of methoxy groups -OCH3 is 4. The van der Waals surface area contributed by atoms with E-state index >= 15 is 0 Å². The van der Waals surface area contributed by atoms with Crippen molar-refractivity contribution in [2.45, 2.75) is 0 Å². The van der Waals surface area contributed by atoms with Gasteiger partial charge < -0.3 is 34.1 Å². The van der Waals surface area contributed by atoms with Gasteiger partial charge in [0.15, 0.2) is 11.5 Å². The lowest BCUT2D eigenvalue weighted by atomic mass is 10.2. The number of pyridine rings is 1. The Morgan fingerprint density at radius 3 is 2.32 bits per heavy atom. The second kappa shape index (κ2) is 8.66. The fourth-order valence-corrected chi connectivity index (χ4v) is 2.89. The van der Waals surface area contributed by atoms with Crippen molar-refractivity contribution in [2.75, 3.05) is 52.2 Å². The van der Waals surface area contributed by atoms with E-state index in [1.54, 1.807) is 34.6 Å². The van der Waals surface area contributed by atoms with E-state index in [0.717, 1.165) is 22.7 Å². The lowest BCUT2D eigenvalue weighted by Gasteiger charge is -2.15. The van der Waals surface area contributed by atoms with Crippen LogP contribution in [0, 0.1) is 0 Å². The van der Waals surface area contributed by atoms with Crippen molar-refractivity contribution in [3.63, 3.8) is 0 Å². The van der Waals surface area contributed by atoms with E-state index in [1.807, 2.05) is 29.8 Å². The number of aromatic nitrogens is 3. The molecule has 0 atom stereocenters. The molecule has 0 radical (unpaired) electrons. The summed E-state index contributed by atoms with van der Waals surface area (Å²) in [4.78, 5) is 9.01. The molecule has 0 bridgehead atoms. The number of benzene rings is 1. The third kappa shape index (κ3) is 3.89. The molecule has 0 saturated heterocycles. The van der Waals surface area contributed by atoms with Gasteiger partial charge in [0, 0.05) is 44.6 Å². The average molecular weight is 387 g/mol. The summed E-state index contributed by atoms with van der Waals surface area (Å²) in [5.41, 5.74) is 2.52. The molecule has 0 aliphatic carbocycles. The molecule has 0 spiro atoms. The molecule has 0 fully saturated rings. The topological polar surface area (TPSA) is 91.7 Å². The van der Waals surface area contributed by atoms with Gasteiger partial charge in [-0.25, -0.2) is 9.97 Å². The molecule has 150 valence electrons. The fourth-order valence-electron chi connectivity index (χ4n) is 2.89. The van der Waals surface area contributed by atoms with Crippen molar-refractivity contribution >= 4 is 28.5 Å². The van der Waals surface area contributed by atoms with Crippen LogP contribution >= 0.6 is 0 Å². The maximum atomic E-state index is 5.40. The number of rotatable bonds is 9. The first-order valence-electron chi connectivity index (χ1n) is 8.73. The van der Waals surface area contributed by atoms with Crippen LogP contribution in [0.15, 0.2) is 24.4 Å². The Balaban J connectivity index is 1.89. The lowest BCUT2D eigenvalue weighted by Crippen LogP contribution is -2.10. The quantitative estimate of drug-likeness (QED) is 0.542. The van der Waals surface area contributed by atoms with E-state index in [1.165, 1.54) is 0 Å². The molecule has 0 aliphatic rings. The monoisotopic (exact) mass is 387 g/mol. The van der Waals surface area contributed by atoms with Crippen LogP contribution < -0.4 is 24.8 Å². The number of imidazole rings is 1. The van der Waals surface area contributed by atoms with Gasteiger partial charge >= 0.3 is 0 Å². The maximum Gasteiger partial charge on any atom is 0.203 e. The molecule has 2 aromatic heterocycles. The van der Waals surface area contributed by atoms with Crippen molar-refractivity contribution in [1.29, 1.82) is 0 Å². The van der Waals surface area contributed by atoms with E-state index in [2.05, 4.69) is 20.6 Å². The van der Waals surface area contributed by atoms with Crippen molar-refractivity contribution < 1.29 is 18.9 Å². The number of hydrogen-bond donors (Lipinski definition) is 2. The molecule has 2 N–H and O–H groups in total. The lowest BCUT2D eigenvalue weighted by molar-refractivity contribution is 0.210. The Kier molecular flexibility index (Phi) is 6.05. The van der Waals surface area contributed by atoms with Gasteiger partial charge in [-0.05, 0) is 0 Å². The molecular weight excluding hydrogens is 362 g/mol. The molecule has 0 saturated carbocycles. The van der Waals surface area contributed by atoms with Crippen LogP contribution in [0.1, 0.15) is 0 Å². The van der Waals surface area contributed by atoms with Gasteiger partial charge in [0.25, 0.3) is 0 Å². The van der Waals surface area contributed by atoms with Gasteiger partial charge in [-0.1, -0.05) is 0 Å². The first-order chi connectivity index (χ1) is 13.6. The summed E-state index contributed by atoms with van der Waals surface area (Å²) in [5, 5.41) is 6.52. The largest absolute Gasteiger partial charge is 0.493 e. The molecular formula is C19H25N5O4. The first kappa shape index (κ1) is 19.6. The van der Waals surface area contributed by atoms with Gasteiger partial charge in [-0.2, -0.15) is 0 Å². The highest BCUT2D eigenvalue weighted by molar-refractivity contribution is 5.81. The minimum absolute atomic E-state index is 0.539. The number of hydrogen-bond acceptors (Lipinski definition) is 8. The van der Waals surface area contributed by atoms with Crippen LogP contribution in [0.25, 0.3) is 11.0 Å². The molecule has 9 heteroatoms. The zero-order valence-corrected chi connectivity index (χ0v) is 16.7. The highest BCUT2D eigenvalue weighted by atomic mass is 16.5. The SMILES string of the molecule is COCCNc1nc2cnc(Nc3cc(OC)c(OC)c(OC)c3)cc2n1C. The molecule has 0 unspecified atom stereocenters. The summed E-state index contributed by atoms with van der Waals surface area (Å²) >= 11 is 0. The van der Waals surface area contributed by atoms with Gasteiger partial charge in [-0.3, -0.25) is 0 Å². The van der Waals surface area contributed by atoms with E-state index in [4.69, 9.17) is 18.9 Å². The van der Waals surface area contributed by atoms with Crippen LogP contribution in [0.5, 0.6) is 17.2 Å². The number of ether oxygens (including phenoxy) is 4. The summed E-state index contributed by atoms with van der Waals surface area (Å²) in [6, 6.07) is 5.59. The second-order valence-corrected chi connectivity index (χ2v) is 6.01. The standard InChI is InChI=1S/C19H25N5O4/c1-24-14-10-17(21-11-13(14)23-19(24)20-6-7-25-2)22-12-8-15(26-3)18(28-5)16(9-12)27-4/h8-11H,6-7H2,1-5H3,(H,20,23)(H,21,22). The number of nitrogens with one attached hydrogen (secondary N) is 2. The van der Waals surface area contributed by atoms with Crippen LogP contribution in [-0.2, 0) is 11.8 Å². The molecule has 9 nitrogen and oxygen atoms in total. The van der Waals surface area contributed by atoms with Crippen LogP contribution in [0.3, 0.4) is 0 Å². The highest BCUT2D eigenvalue weighted by Crippen LogP contribution is 2.40. The Morgan fingerprint density at radius 2 is 1.71 bits per heavy atom. The number of aryl methyl sites for hydroxylation is 1. The Morgan fingerprint density at radius 1 is 1.00 bits per heavy atom. The average Bonchev–Trinajstić information content (AvgIpc) is 3.02. The second-order valence-electron chi connectivity index (χ2n) is 6.01. The molecule has 0 aliphatic heterocycles. The fraction of sp³-hybridized carbons (Fsp3) is 0.368. The van der Waals surface area contributed by atoms with E-state index in [9.17, 15) is 0 Å². The summed E-state index contributed by atoms with van der Waals surface area (Å²) in [6.45, 7) is 1.28. The normalized spacial score (nSPS) is 10.8. The van der Waals surface area contributed by atoms with Gasteiger partial charge in [0.2, 0.25) is 11.7 Å². The van der Waals surface area contributed by atoms with Crippen LogP contribution in [-0.4, -0.2) is 56.1 Å². The zero-order chi connectivity index (χ0) is 20.1. The van der Waals surface area contributed by atoms with E-state index in [0.29, 0.717) is 36.2 Å². The van der Waals surface area contributed by atoms with E-state index < -0.39 is 0 Å². The Hall–Kier alpha value is -3.20. The van der Waals surface area contributed by atoms with Crippen molar-refractivity contribution in [3.8, 4) is 17.2 Å². The first-order valence-corrected chi connectivity index (χ1v) is 8.73. The maximum absolute atomic E-state index is 5.40. The summed E-state index contributed by atoms with van der Waals surface area (Å²) in [7, 11) is 8.36. The van der Waals surface area contributed by atoms with Crippen molar-refractivity contribution in [2.24, 2.45) is 7.05 Å². The number of nitrogens with zero attached hydrogens (tertiary/aromatic N) is 3. The molecule has 0 amide bonds. The molecule has 3 aromatic rings. The Labute approximate surface area is 163 Å². The summed E-state index contributed by atoms with van der Waals surface area (Å²) < 4.78 is 23.2. The zero-order valence-electron chi connectivity index (χ0n) is 16.7. The molecule has 2 heterocycles. The predicted octanol–water partition coefficient (Wildman–Crippen LogP) is 2.80. The minimum Gasteiger partial charge on any atom is -0.493 e. The molecule has 28 heavy (non-hydrogen) atoms. The minimum atomic E-state index is 0.539. The number of fused-ring (bicyclic) bond motifs is 1. The molecule has 1 aromatic carbocycles. The highest BCUT2D eigenvalue weighted by Gasteiger charge is 2.14. The van der Waals surface area contributed by atoms with E-state index in [-0.39, 0.29) is 0 Å². The van der Waals surface area contributed by atoms with Crippen molar-refractivity contribution in [1.82, 2.24) is 14.5 Å². The van der Waals surface area contributed by atoms with Crippen LogP contribution in [0.4, 0.5) is 17.5 Å². The van der Waals surface area contributed by atoms with Gasteiger partial charge in [-0.15, -0.1) is 0 Å². The third-order valence-corrected chi connectivity index (χ3v) is 4.29. The predicted molar refractivity (Wildman–Crippen MR) is 108 cm³/mol. The number of anilines is 3. The smallest absolute Gasteiger partial charge is 0.203 e. The third-order valence-electron chi connectivity index (χ3n) is 4.29. The van der Waals surface area contributed by atoms with Gasteiger partial charge in [0.1, 0.15) is 11.3 Å². The summed E-state index contributed by atoms with van der Waals surface area (Å²) in [6.07, 6.45) is 1.73. The summed E-state index contributed by atoms with van der Waals surface area (Å²) in [5.74, 6) is 3.11. The van der Waals surface area contributed by atoms with Crippen LogP contribution in [0.2, 0.25) is 0 Å². The molecule has 3 rings (SSSR count). The van der Waals surface area contributed by atoms with Gasteiger partial charge in [0.05, 0.1) is 39.6 Å². The van der Waals surface area contributed by atoms with Crippen molar-refractivity contribution in [3.05, 3.63) is 24.4 Å². The Bertz CT molecular complexity index is 932.